The molecule has 2 rings (SSSR count). The molecule has 4 nitrogen and oxygen atoms in total. The summed E-state index contributed by atoms with van der Waals surface area (Å²) in [4.78, 5) is 25.2. The van der Waals surface area contributed by atoms with Gasteiger partial charge >= 0.3 is 5.97 Å². The van der Waals surface area contributed by atoms with Crippen molar-refractivity contribution in [2.75, 3.05) is 0 Å². The van der Waals surface area contributed by atoms with Gasteiger partial charge in [-0.2, -0.15) is 0 Å². The number of aliphatic carboxylic acids is 1. The average Bonchev–Trinajstić information content (AvgIpc) is 2.46. The number of benzene rings is 1. The van der Waals surface area contributed by atoms with Crippen LogP contribution >= 0.6 is 0 Å². The van der Waals surface area contributed by atoms with Gasteiger partial charge in [0.2, 0.25) is 0 Å². The maximum absolute atomic E-state index is 11.9. The Labute approximate surface area is 117 Å². The van der Waals surface area contributed by atoms with Gasteiger partial charge in [-0.05, 0) is 30.0 Å². The van der Waals surface area contributed by atoms with E-state index in [-0.39, 0.29) is 18.4 Å². The molecule has 2 N–H and O–H groups in total. The van der Waals surface area contributed by atoms with E-state index in [0.717, 1.165) is 17.7 Å². The third kappa shape index (κ3) is 3.35. The van der Waals surface area contributed by atoms with Crippen LogP contribution in [-0.4, -0.2) is 16.1 Å². The van der Waals surface area contributed by atoms with Crippen LogP contribution in [-0.2, 0) is 17.6 Å². The number of nitrogens with one attached hydrogen (secondary N) is 1. The number of H-pyrrole nitrogens is 1. The Morgan fingerprint density at radius 2 is 1.85 bits per heavy atom. The quantitative estimate of drug-likeness (QED) is 0.878. The van der Waals surface area contributed by atoms with Gasteiger partial charge in [0, 0.05) is 17.7 Å². The van der Waals surface area contributed by atoms with E-state index in [0.29, 0.717) is 5.56 Å². The van der Waals surface area contributed by atoms with Crippen molar-refractivity contribution in [1.29, 1.82) is 0 Å². The van der Waals surface area contributed by atoms with Crippen molar-refractivity contribution in [3.8, 4) is 11.3 Å². The van der Waals surface area contributed by atoms with E-state index in [9.17, 15) is 9.59 Å². The van der Waals surface area contributed by atoms with Gasteiger partial charge in [0.05, 0.1) is 0 Å². The van der Waals surface area contributed by atoms with Crippen LogP contribution in [0.4, 0.5) is 0 Å². The standard InChI is InChI=1S/C16H17NO3/c1-2-11-3-5-12(6-4-11)14-9-7-13(16(20)17-14)8-10-15(18)19/h3-7,9H,2,8,10H2,1H3,(H,17,20)(H,18,19). The fourth-order valence-corrected chi connectivity index (χ4v) is 2.03. The van der Waals surface area contributed by atoms with Crippen molar-refractivity contribution >= 4 is 5.97 Å². The molecule has 0 unspecified atom stereocenters. The van der Waals surface area contributed by atoms with Crippen molar-refractivity contribution in [1.82, 2.24) is 4.98 Å². The summed E-state index contributed by atoms with van der Waals surface area (Å²) >= 11 is 0. The van der Waals surface area contributed by atoms with Gasteiger partial charge in [-0.15, -0.1) is 0 Å². The van der Waals surface area contributed by atoms with Crippen LogP contribution in [0.2, 0.25) is 0 Å². The number of carbonyl (C=O) groups is 1. The van der Waals surface area contributed by atoms with Gasteiger partial charge in [-0.3, -0.25) is 9.59 Å². The summed E-state index contributed by atoms with van der Waals surface area (Å²) in [7, 11) is 0. The van der Waals surface area contributed by atoms with E-state index in [1.54, 1.807) is 6.07 Å². The molecule has 0 saturated heterocycles. The summed E-state index contributed by atoms with van der Waals surface area (Å²) in [6, 6.07) is 11.5. The largest absolute Gasteiger partial charge is 0.481 e. The molecule has 104 valence electrons. The zero-order valence-electron chi connectivity index (χ0n) is 11.3. The number of aryl methyl sites for hydroxylation is 2. The second kappa shape index (κ2) is 6.19. The number of aromatic amines is 1. The zero-order valence-corrected chi connectivity index (χ0v) is 11.3. The van der Waals surface area contributed by atoms with Crippen molar-refractivity contribution in [3.63, 3.8) is 0 Å². The SMILES string of the molecule is CCc1ccc(-c2ccc(CCC(=O)O)c(=O)[nH]2)cc1. The van der Waals surface area contributed by atoms with Crippen molar-refractivity contribution in [3.05, 3.63) is 57.9 Å². The second-order valence-corrected chi connectivity index (χ2v) is 4.67. The van der Waals surface area contributed by atoms with E-state index < -0.39 is 5.97 Å². The molecular formula is C16H17NO3. The number of pyridine rings is 1. The van der Waals surface area contributed by atoms with E-state index in [1.165, 1.54) is 5.56 Å². The van der Waals surface area contributed by atoms with Crippen LogP contribution in [0.1, 0.15) is 24.5 Å². The normalized spacial score (nSPS) is 10.4. The number of hydrogen-bond donors (Lipinski definition) is 2. The molecular weight excluding hydrogens is 254 g/mol. The smallest absolute Gasteiger partial charge is 0.303 e. The molecule has 0 bridgehead atoms. The molecule has 20 heavy (non-hydrogen) atoms. The van der Waals surface area contributed by atoms with Gasteiger partial charge in [-0.1, -0.05) is 37.3 Å². The Hall–Kier alpha value is -2.36. The average molecular weight is 271 g/mol. The highest BCUT2D eigenvalue weighted by Gasteiger charge is 2.05. The summed E-state index contributed by atoms with van der Waals surface area (Å²) < 4.78 is 0. The molecule has 0 spiro atoms. The molecule has 1 aromatic heterocycles. The summed E-state index contributed by atoms with van der Waals surface area (Å²) in [5, 5.41) is 8.64. The van der Waals surface area contributed by atoms with Gasteiger partial charge in [0.15, 0.2) is 0 Å². The fourth-order valence-electron chi connectivity index (χ4n) is 2.03. The Morgan fingerprint density at radius 3 is 2.40 bits per heavy atom. The van der Waals surface area contributed by atoms with Gasteiger partial charge in [0.25, 0.3) is 5.56 Å². The topological polar surface area (TPSA) is 70.2 Å². The number of carboxylic acid groups (broad SMARTS) is 1. The molecule has 0 saturated carbocycles. The second-order valence-electron chi connectivity index (χ2n) is 4.67. The van der Waals surface area contributed by atoms with Crippen LogP contribution < -0.4 is 5.56 Å². The van der Waals surface area contributed by atoms with Crippen molar-refractivity contribution in [2.24, 2.45) is 0 Å². The molecule has 0 aliphatic heterocycles. The van der Waals surface area contributed by atoms with Gasteiger partial charge in [0.1, 0.15) is 0 Å². The minimum absolute atomic E-state index is 0.0341. The molecule has 0 atom stereocenters. The third-order valence-corrected chi connectivity index (χ3v) is 3.27. The number of carboxylic acids is 1. The number of rotatable bonds is 5. The molecule has 0 aliphatic carbocycles. The molecule has 4 heteroatoms. The van der Waals surface area contributed by atoms with Crippen LogP contribution in [0, 0.1) is 0 Å². The highest BCUT2D eigenvalue weighted by molar-refractivity contribution is 5.67. The first kappa shape index (κ1) is 14.1. The molecule has 1 heterocycles. The van der Waals surface area contributed by atoms with Crippen LogP contribution in [0.5, 0.6) is 0 Å². The first-order valence-corrected chi connectivity index (χ1v) is 6.63. The van der Waals surface area contributed by atoms with Crippen LogP contribution in [0.25, 0.3) is 11.3 Å². The Bertz CT molecular complexity index is 656. The van der Waals surface area contributed by atoms with E-state index in [2.05, 4.69) is 11.9 Å². The third-order valence-electron chi connectivity index (χ3n) is 3.27. The van der Waals surface area contributed by atoms with Crippen LogP contribution in [0.3, 0.4) is 0 Å². The fraction of sp³-hybridized carbons (Fsp3) is 0.250. The highest BCUT2D eigenvalue weighted by Crippen LogP contribution is 2.17. The summed E-state index contributed by atoms with van der Waals surface area (Å²) in [5.41, 5.74) is 3.22. The minimum atomic E-state index is -0.899. The number of hydrogen-bond acceptors (Lipinski definition) is 2. The Kier molecular flexibility index (Phi) is 4.35. The van der Waals surface area contributed by atoms with Gasteiger partial charge < -0.3 is 10.1 Å². The zero-order chi connectivity index (χ0) is 14.5. The Balaban J connectivity index is 2.23. The predicted octanol–water partition coefficient (Wildman–Crippen LogP) is 2.62. The van der Waals surface area contributed by atoms with E-state index >= 15 is 0 Å². The van der Waals surface area contributed by atoms with Crippen molar-refractivity contribution in [2.45, 2.75) is 26.2 Å². The first-order chi connectivity index (χ1) is 9.60. The maximum Gasteiger partial charge on any atom is 0.303 e. The first-order valence-electron chi connectivity index (χ1n) is 6.63. The lowest BCUT2D eigenvalue weighted by Crippen LogP contribution is -2.14. The monoisotopic (exact) mass is 271 g/mol. The lowest BCUT2D eigenvalue weighted by molar-refractivity contribution is -0.136. The number of aromatic nitrogens is 1. The van der Waals surface area contributed by atoms with Crippen LogP contribution in [0.15, 0.2) is 41.2 Å². The molecule has 2 aromatic rings. The van der Waals surface area contributed by atoms with Crippen molar-refractivity contribution < 1.29 is 9.90 Å². The summed E-state index contributed by atoms with van der Waals surface area (Å²) in [5.74, 6) is -0.899. The van der Waals surface area contributed by atoms with Gasteiger partial charge in [-0.25, -0.2) is 0 Å². The maximum atomic E-state index is 11.9. The lowest BCUT2D eigenvalue weighted by Gasteiger charge is -2.05. The van der Waals surface area contributed by atoms with E-state index in [1.807, 2.05) is 30.3 Å². The molecule has 0 aliphatic rings. The molecule has 1 aromatic carbocycles. The summed E-state index contributed by atoms with van der Waals surface area (Å²) in [6.45, 7) is 2.09. The molecule has 0 fully saturated rings. The highest BCUT2D eigenvalue weighted by atomic mass is 16.4. The van der Waals surface area contributed by atoms with E-state index in [4.69, 9.17) is 5.11 Å². The predicted molar refractivity (Wildman–Crippen MR) is 77.8 cm³/mol. The molecule has 0 amide bonds. The lowest BCUT2D eigenvalue weighted by atomic mass is 10.1. The molecule has 0 radical (unpaired) electrons. The Morgan fingerprint density at radius 1 is 1.15 bits per heavy atom. The minimum Gasteiger partial charge on any atom is -0.481 e. The summed E-state index contributed by atoms with van der Waals surface area (Å²) in [6.07, 6.45) is 1.19.